The van der Waals surface area contributed by atoms with Crippen LogP contribution in [0.5, 0.6) is 11.5 Å². The zero-order chi connectivity index (χ0) is 26.2. The molecular weight excluding hydrogens is 617 g/mol. The third-order valence-corrected chi connectivity index (χ3v) is 8.27. The van der Waals surface area contributed by atoms with Crippen LogP contribution in [0.1, 0.15) is 11.1 Å². The number of rotatable bonds is 10. The number of hydrogen-bond acceptors (Lipinski definition) is 7. The lowest BCUT2D eigenvalue weighted by molar-refractivity contribution is -0.118. The molecule has 37 heavy (non-hydrogen) atoms. The van der Waals surface area contributed by atoms with E-state index in [1.807, 2.05) is 35.7 Å². The van der Waals surface area contributed by atoms with Crippen molar-refractivity contribution >= 4 is 74.4 Å². The molecule has 0 radical (unpaired) electrons. The van der Waals surface area contributed by atoms with E-state index < -0.39 is 0 Å². The van der Waals surface area contributed by atoms with Gasteiger partial charge in [0.2, 0.25) is 0 Å². The smallest absolute Gasteiger partial charge is 0.250 e. The minimum absolute atomic E-state index is 0.167. The van der Waals surface area contributed by atoms with Crippen molar-refractivity contribution in [3.05, 3.63) is 91.7 Å². The number of carbonyl (C=O) groups is 1. The number of amides is 1. The number of aromatic nitrogens is 1. The van der Waals surface area contributed by atoms with Gasteiger partial charge in [0.1, 0.15) is 6.61 Å². The number of hydrazone groups is 1. The molecule has 1 N–H and O–H groups in total. The summed E-state index contributed by atoms with van der Waals surface area (Å²) in [6, 6.07) is 18.8. The molecule has 0 saturated carbocycles. The number of thioether (sulfide) groups is 1. The molecule has 6 nitrogen and oxygen atoms in total. The van der Waals surface area contributed by atoms with E-state index in [1.54, 1.807) is 37.4 Å². The fourth-order valence-electron chi connectivity index (χ4n) is 3.17. The third-order valence-electron chi connectivity index (χ3n) is 4.96. The fraction of sp³-hybridized carbons (Fsp3) is 0.115. The van der Waals surface area contributed by atoms with E-state index in [-0.39, 0.29) is 18.3 Å². The van der Waals surface area contributed by atoms with Gasteiger partial charge in [0.25, 0.3) is 5.91 Å². The average Bonchev–Trinajstić information content (AvgIpc) is 3.37. The quantitative estimate of drug-likeness (QED) is 0.110. The third kappa shape index (κ3) is 7.49. The first-order valence-electron chi connectivity index (χ1n) is 10.8. The standard InChI is InChI=1S/C26H20BrCl2N3O3S2/c1-34-23-11-16(10-19(27)25(23)35-13-18-20(28)8-5-9-21(18)29)12-30-32-24(33)15-37-26-31-22(14-36-26)17-6-3-2-4-7-17/h2-12,14H,13,15H2,1H3,(H,32,33)/b30-12+. The summed E-state index contributed by atoms with van der Waals surface area (Å²) in [5, 5.41) is 7.08. The Morgan fingerprint density at radius 3 is 2.65 bits per heavy atom. The van der Waals surface area contributed by atoms with Crippen molar-refractivity contribution in [1.82, 2.24) is 10.4 Å². The maximum atomic E-state index is 12.3. The van der Waals surface area contributed by atoms with Gasteiger partial charge in [-0.1, -0.05) is 71.4 Å². The fourth-order valence-corrected chi connectivity index (χ4v) is 5.88. The molecule has 0 bridgehead atoms. The molecule has 1 heterocycles. The van der Waals surface area contributed by atoms with E-state index in [1.165, 1.54) is 29.3 Å². The minimum atomic E-state index is -0.236. The Kier molecular flexibility index (Phi) is 9.88. The van der Waals surface area contributed by atoms with Crippen molar-refractivity contribution in [2.75, 3.05) is 12.9 Å². The van der Waals surface area contributed by atoms with Crippen LogP contribution in [0.4, 0.5) is 0 Å². The van der Waals surface area contributed by atoms with Crippen LogP contribution in [0, 0.1) is 0 Å². The molecule has 0 aliphatic carbocycles. The highest BCUT2D eigenvalue weighted by molar-refractivity contribution is 9.10. The summed E-state index contributed by atoms with van der Waals surface area (Å²) in [6.07, 6.45) is 1.53. The van der Waals surface area contributed by atoms with Crippen molar-refractivity contribution in [2.45, 2.75) is 10.9 Å². The van der Waals surface area contributed by atoms with Crippen molar-refractivity contribution < 1.29 is 14.3 Å². The summed E-state index contributed by atoms with van der Waals surface area (Å²) in [6.45, 7) is 0.167. The number of methoxy groups -OCH3 is 1. The van der Waals surface area contributed by atoms with Crippen molar-refractivity contribution in [1.29, 1.82) is 0 Å². The molecule has 0 unspecified atom stereocenters. The number of nitrogens with one attached hydrogen (secondary N) is 1. The number of carbonyl (C=O) groups excluding carboxylic acids is 1. The Bertz CT molecular complexity index is 1400. The summed E-state index contributed by atoms with van der Waals surface area (Å²) in [5.74, 6) is 0.942. The maximum absolute atomic E-state index is 12.3. The molecule has 4 rings (SSSR count). The van der Waals surface area contributed by atoms with Gasteiger partial charge in [0.15, 0.2) is 15.8 Å². The normalized spacial score (nSPS) is 11.0. The Labute approximate surface area is 241 Å². The van der Waals surface area contributed by atoms with Crippen LogP contribution in [0.25, 0.3) is 11.3 Å². The minimum Gasteiger partial charge on any atom is -0.493 e. The Morgan fingerprint density at radius 1 is 1.16 bits per heavy atom. The van der Waals surface area contributed by atoms with Gasteiger partial charge in [-0.2, -0.15) is 5.10 Å². The largest absolute Gasteiger partial charge is 0.493 e. The van der Waals surface area contributed by atoms with Gasteiger partial charge in [-0.15, -0.1) is 11.3 Å². The molecule has 0 saturated heterocycles. The molecule has 0 aliphatic rings. The van der Waals surface area contributed by atoms with Crippen molar-refractivity contribution in [3.63, 3.8) is 0 Å². The Balaban J connectivity index is 1.32. The topological polar surface area (TPSA) is 72.8 Å². The highest BCUT2D eigenvalue weighted by atomic mass is 79.9. The second kappa shape index (κ2) is 13.3. The first-order valence-corrected chi connectivity index (χ1v) is 14.2. The number of benzene rings is 3. The average molecular weight is 637 g/mol. The van der Waals surface area contributed by atoms with E-state index in [9.17, 15) is 4.79 Å². The summed E-state index contributed by atoms with van der Waals surface area (Å²) in [4.78, 5) is 16.8. The molecule has 190 valence electrons. The van der Waals surface area contributed by atoms with E-state index in [0.29, 0.717) is 37.1 Å². The summed E-state index contributed by atoms with van der Waals surface area (Å²) in [7, 11) is 1.54. The molecule has 0 atom stereocenters. The maximum Gasteiger partial charge on any atom is 0.250 e. The van der Waals surface area contributed by atoms with Crippen LogP contribution in [-0.2, 0) is 11.4 Å². The highest BCUT2D eigenvalue weighted by Gasteiger charge is 2.14. The van der Waals surface area contributed by atoms with E-state index in [0.717, 1.165) is 15.6 Å². The highest BCUT2D eigenvalue weighted by Crippen LogP contribution is 2.38. The Hall–Kier alpha value is -2.56. The summed E-state index contributed by atoms with van der Waals surface area (Å²) in [5.41, 5.74) is 5.87. The van der Waals surface area contributed by atoms with Crippen LogP contribution in [-0.4, -0.2) is 30.0 Å². The molecule has 0 spiro atoms. The lowest BCUT2D eigenvalue weighted by Crippen LogP contribution is -2.19. The predicted octanol–water partition coefficient (Wildman–Crippen LogP) is 7.71. The molecule has 0 fully saturated rings. The molecule has 3 aromatic carbocycles. The van der Waals surface area contributed by atoms with Gasteiger partial charge >= 0.3 is 0 Å². The lowest BCUT2D eigenvalue weighted by atomic mass is 10.2. The number of hydrogen-bond donors (Lipinski definition) is 1. The molecular formula is C26H20BrCl2N3O3S2. The molecule has 4 aromatic rings. The van der Waals surface area contributed by atoms with Crippen LogP contribution >= 0.6 is 62.2 Å². The van der Waals surface area contributed by atoms with Gasteiger partial charge in [0, 0.05) is 26.6 Å². The second-order valence-corrected chi connectivity index (χ2v) is 11.2. The SMILES string of the molecule is COc1cc(/C=N/NC(=O)CSc2nc(-c3ccccc3)cs2)cc(Br)c1OCc1c(Cl)cccc1Cl. The van der Waals surface area contributed by atoms with Crippen LogP contribution in [0.2, 0.25) is 10.0 Å². The molecule has 1 aromatic heterocycles. The Morgan fingerprint density at radius 2 is 1.92 bits per heavy atom. The van der Waals surface area contributed by atoms with E-state index in [2.05, 4.69) is 31.4 Å². The van der Waals surface area contributed by atoms with E-state index in [4.69, 9.17) is 32.7 Å². The van der Waals surface area contributed by atoms with Crippen molar-refractivity contribution in [3.8, 4) is 22.8 Å². The van der Waals surface area contributed by atoms with Crippen LogP contribution in [0.3, 0.4) is 0 Å². The number of ether oxygens (including phenoxy) is 2. The number of nitrogens with zero attached hydrogens (tertiary/aromatic N) is 2. The number of halogens is 3. The monoisotopic (exact) mass is 635 g/mol. The van der Waals surface area contributed by atoms with Crippen LogP contribution < -0.4 is 14.9 Å². The van der Waals surface area contributed by atoms with Gasteiger partial charge in [-0.05, 0) is 45.8 Å². The zero-order valence-corrected chi connectivity index (χ0v) is 24.1. The van der Waals surface area contributed by atoms with Crippen LogP contribution in [0.15, 0.2) is 80.0 Å². The van der Waals surface area contributed by atoms with Gasteiger partial charge in [-0.3, -0.25) is 4.79 Å². The molecule has 11 heteroatoms. The summed E-state index contributed by atoms with van der Waals surface area (Å²) < 4.78 is 12.9. The first kappa shape index (κ1) is 27.5. The van der Waals surface area contributed by atoms with Crippen molar-refractivity contribution in [2.24, 2.45) is 5.10 Å². The zero-order valence-electron chi connectivity index (χ0n) is 19.4. The summed E-state index contributed by atoms with van der Waals surface area (Å²) >= 11 is 18.9. The first-order chi connectivity index (χ1) is 17.9. The van der Waals surface area contributed by atoms with Gasteiger partial charge in [-0.25, -0.2) is 10.4 Å². The second-order valence-electron chi connectivity index (χ2n) is 7.47. The number of thiazole rings is 1. The molecule has 0 aliphatic heterocycles. The predicted molar refractivity (Wildman–Crippen MR) is 155 cm³/mol. The molecule has 1 amide bonds. The van der Waals surface area contributed by atoms with Gasteiger partial charge < -0.3 is 9.47 Å². The lowest BCUT2D eigenvalue weighted by Gasteiger charge is -2.14. The van der Waals surface area contributed by atoms with E-state index >= 15 is 0 Å². The van der Waals surface area contributed by atoms with Gasteiger partial charge in [0.05, 0.1) is 29.2 Å².